The Morgan fingerprint density at radius 1 is 1.14 bits per heavy atom. The van der Waals surface area contributed by atoms with Gasteiger partial charge in [-0.05, 0) is 36.3 Å². The van der Waals surface area contributed by atoms with Crippen LogP contribution in [-0.2, 0) is 25.9 Å². The minimum absolute atomic E-state index is 0.423. The van der Waals surface area contributed by atoms with Crippen molar-refractivity contribution in [3.05, 3.63) is 58.4 Å². The van der Waals surface area contributed by atoms with E-state index in [1.807, 2.05) is 32.2 Å². The molecule has 5 heteroatoms. The van der Waals surface area contributed by atoms with E-state index in [0.29, 0.717) is 14.3 Å². The van der Waals surface area contributed by atoms with E-state index >= 15 is 0 Å². The Labute approximate surface area is 144 Å². The Morgan fingerprint density at radius 3 is 2.48 bits per heavy atom. The number of benzene rings is 2. The van der Waals surface area contributed by atoms with Crippen molar-refractivity contribution in [2.45, 2.75) is 20.4 Å². The molecule has 0 radical (unpaired) electrons. The maximum absolute atomic E-state index is 10.2. The molecule has 2 aromatic carbocycles. The zero-order chi connectivity index (χ0) is 15.8. The third-order valence-corrected chi connectivity index (χ3v) is 4.47. The molecule has 0 fully saturated rings. The van der Waals surface area contributed by atoms with Crippen molar-refractivity contribution in [2.24, 2.45) is 0 Å². The van der Waals surface area contributed by atoms with Gasteiger partial charge in [-0.3, -0.25) is 0 Å². The number of phenols is 1. The molecule has 2 nitrogen and oxygen atoms in total. The van der Waals surface area contributed by atoms with Gasteiger partial charge in [0.2, 0.25) is 0 Å². The molecule has 0 bridgehead atoms. The average molecular weight is 356 g/mol. The first kappa shape index (κ1) is 18.7. The Hall–Kier alpha value is -0.366. The second-order valence-electron chi connectivity index (χ2n) is 4.73. The summed E-state index contributed by atoms with van der Waals surface area (Å²) in [6, 6.07) is 12.4. The number of phenolic OH excluding ortho intramolecular Hbond substituents is 1. The first-order valence-electron chi connectivity index (χ1n) is 6.51. The Kier molecular flexibility index (Phi) is 8.55. The third-order valence-electron chi connectivity index (χ3n) is 3.06. The molecule has 0 saturated heterocycles. The minimum atomic E-state index is 0.423. The van der Waals surface area contributed by atoms with Crippen LogP contribution in [0.3, 0.4) is 0 Å². The Balaban J connectivity index is 0.00000106. The van der Waals surface area contributed by atoms with Crippen LogP contribution in [0.4, 0.5) is 0 Å². The zero-order valence-electron chi connectivity index (χ0n) is 12.4. The molecular formula is C16H19ClNOPTi. The first-order valence-corrected chi connectivity index (χ1v) is 9.66. The molecule has 0 amide bonds. The Morgan fingerprint density at radius 2 is 1.81 bits per heavy atom. The van der Waals surface area contributed by atoms with Crippen LogP contribution in [0, 0.1) is 13.8 Å². The molecule has 0 aliphatic rings. The molecule has 1 unspecified atom stereocenters. The fraction of sp³-hybridized carbons (Fsp3) is 0.250. The summed E-state index contributed by atoms with van der Waals surface area (Å²) in [5, 5.41) is 16.7. The van der Waals surface area contributed by atoms with Crippen molar-refractivity contribution in [1.29, 1.82) is 0 Å². The molecule has 0 aromatic heterocycles. The summed E-state index contributed by atoms with van der Waals surface area (Å²) < 4.78 is 0. The van der Waals surface area contributed by atoms with Crippen LogP contribution in [0.2, 0.25) is 0 Å². The summed E-state index contributed by atoms with van der Waals surface area (Å²) in [7, 11) is 6.93. The molecule has 0 spiro atoms. The van der Waals surface area contributed by atoms with Gasteiger partial charge in [-0.2, -0.15) is 7.05 Å². The number of halogens is 1. The molecule has 2 aromatic rings. The predicted octanol–water partition coefficient (Wildman–Crippen LogP) is 3.83. The van der Waals surface area contributed by atoms with Crippen LogP contribution in [0.25, 0.3) is 5.32 Å². The third kappa shape index (κ3) is 5.40. The van der Waals surface area contributed by atoms with Crippen molar-refractivity contribution < 1.29 is 24.5 Å². The molecule has 2 rings (SSSR count). The summed E-state index contributed by atoms with van der Waals surface area (Å²) in [6.45, 7) is 4.74. The maximum atomic E-state index is 10.2. The zero-order valence-corrected chi connectivity index (χ0v) is 15.8. The van der Waals surface area contributed by atoms with Gasteiger partial charge >= 0.3 is 28.7 Å². The molecule has 110 valence electrons. The van der Waals surface area contributed by atoms with E-state index in [0.717, 1.165) is 17.4 Å². The van der Waals surface area contributed by atoms with Crippen molar-refractivity contribution >= 4 is 28.5 Å². The fourth-order valence-electron chi connectivity index (χ4n) is 2.15. The van der Waals surface area contributed by atoms with Gasteiger partial charge in [0, 0.05) is 5.30 Å². The molecule has 0 aliphatic carbocycles. The van der Waals surface area contributed by atoms with Crippen LogP contribution in [0.5, 0.6) is 5.75 Å². The van der Waals surface area contributed by atoms with E-state index in [2.05, 4.69) is 39.7 Å². The van der Waals surface area contributed by atoms with Crippen molar-refractivity contribution in [1.82, 2.24) is 0 Å². The number of aryl methyl sites for hydroxylation is 2. The van der Waals surface area contributed by atoms with E-state index < -0.39 is 0 Å². The van der Waals surface area contributed by atoms with E-state index in [1.165, 1.54) is 35.8 Å². The number of nitrogens with zero attached hydrogens (tertiary/aromatic N) is 1. The van der Waals surface area contributed by atoms with E-state index in [4.69, 9.17) is 0 Å². The fourth-order valence-corrected chi connectivity index (χ4v) is 3.56. The average Bonchev–Trinajstić information content (AvgIpc) is 2.48. The standard InChI is InChI=1S/C16H19NOP.ClH.Ti/c1-11-8-12(2)16(18)15(9-11)19-14-7-5-4-6-13(14)10-17-3;;/h4-9,18-19H,10H2,1-3H3;1H;/q-1;;+2/p-1. The van der Waals surface area contributed by atoms with Crippen molar-refractivity contribution in [3.8, 4) is 5.75 Å². The summed E-state index contributed by atoms with van der Waals surface area (Å²) >= 11 is 1.47. The van der Waals surface area contributed by atoms with Gasteiger partial charge in [-0.1, -0.05) is 44.5 Å². The van der Waals surface area contributed by atoms with Crippen LogP contribution < -0.4 is 10.6 Å². The SMILES string of the molecule is C[N-]Cc1ccccc1Pc1cc(C)cc(C)c1O.[Cl][Ti+]. The summed E-state index contributed by atoms with van der Waals surface area (Å²) in [5.41, 5.74) is 3.37. The molecule has 0 saturated carbocycles. The number of rotatable bonds is 4. The number of hydrogen-bond acceptors (Lipinski definition) is 1. The van der Waals surface area contributed by atoms with Gasteiger partial charge in [-0.15, -0.1) is 6.54 Å². The van der Waals surface area contributed by atoms with Gasteiger partial charge in [0.1, 0.15) is 5.75 Å². The van der Waals surface area contributed by atoms with Crippen LogP contribution in [0.1, 0.15) is 16.7 Å². The van der Waals surface area contributed by atoms with Crippen molar-refractivity contribution in [3.63, 3.8) is 0 Å². The van der Waals surface area contributed by atoms with Crippen LogP contribution in [-0.4, -0.2) is 12.2 Å². The van der Waals surface area contributed by atoms with Gasteiger partial charge < -0.3 is 10.4 Å². The molecule has 21 heavy (non-hydrogen) atoms. The molecule has 1 N–H and O–H groups in total. The first-order chi connectivity index (χ1) is 10.1. The van der Waals surface area contributed by atoms with Gasteiger partial charge in [0.25, 0.3) is 0 Å². The van der Waals surface area contributed by atoms with E-state index in [1.54, 1.807) is 0 Å². The topological polar surface area (TPSA) is 34.3 Å². The summed E-state index contributed by atoms with van der Waals surface area (Å²) in [4.78, 5) is 0. The Bertz CT molecular complexity index is 592. The second-order valence-corrected chi connectivity index (χ2v) is 6.06. The van der Waals surface area contributed by atoms with Crippen LogP contribution >= 0.6 is 17.9 Å². The summed E-state index contributed by atoms with van der Waals surface area (Å²) in [6.07, 6.45) is 0. The van der Waals surface area contributed by atoms with Crippen molar-refractivity contribution in [2.75, 3.05) is 7.05 Å². The molecule has 0 heterocycles. The van der Waals surface area contributed by atoms with Gasteiger partial charge in [0.15, 0.2) is 0 Å². The van der Waals surface area contributed by atoms with Gasteiger partial charge in [0.05, 0.1) is 0 Å². The predicted molar refractivity (Wildman–Crippen MR) is 90.4 cm³/mol. The normalized spacial score (nSPS) is 10.4. The van der Waals surface area contributed by atoms with Crippen LogP contribution in [0.15, 0.2) is 36.4 Å². The van der Waals surface area contributed by atoms with E-state index in [-0.39, 0.29) is 0 Å². The quantitative estimate of drug-likeness (QED) is 0.656. The number of aromatic hydroxyl groups is 1. The number of hydrogen-bond donors (Lipinski definition) is 1. The molecule has 0 aliphatic heterocycles. The molecular weight excluding hydrogens is 336 g/mol. The second kappa shape index (κ2) is 9.61. The van der Waals surface area contributed by atoms with E-state index in [9.17, 15) is 5.11 Å². The monoisotopic (exact) mass is 355 g/mol. The van der Waals surface area contributed by atoms with Gasteiger partial charge in [-0.25, -0.2) is 0 Å². The summed E-state index contributed by atoms with van der Waals surface area (Å²) in [5.74, 6) is 0.423. The molecule has 1 atom stereocenters.